The Hall–Kier alpha value is -2.11. The molecule has 1 rings (SSSR count). The molecule has 0 aliphatic carbocycles. The SMILES string of the molecule is N#Cc1cc(N)c(C(F)F)nc1OC(F)(F)F. The standard InChI is InChI=1S/C8H4F5N3O/c9-6(10)5-4(15)1-3(2-14)7(16-5)17-8(11,12)13/h1,6H,15H2. The molecule has 17 heavy (non-hydrogen) atoms. The Balaban J connectivity index is 3.28. The first-order chi connectivity index (χ1) is 7.74. The van der Waals surface area contributed by atoms with Gasteiger partial charge in [-0.2, -0.15) is 5.26 Å². The molecule has 0 saturated heterocycles. The molecule has 0 aliphatic rings. The predicted molar refractivity (Wildman–Crippen MR) is 45.0 cm³/mol. The summed E-state index contributed by atoms with van der Waals surface area (Å²) in [6, 6.07) is 1.96. The average Bonchev–Trinajstić information content (AvgIpc) is 2.17. The predicted octanol–water partition coefficient (Wildman–Crippen LogP) is 2.37. The first kappa shape index (κ1) is 13.0. The Labute approximate surface area is 91.4 Å². The van der Waals surface area contributed by atoms with Gasteiger partial charge in [-0.25, -0.2) is 13.8 Å². The molecular weight excluding hydrogens is 249 g/mol. The van der Waals surface area contributed by atoms with Crippen molar-refractivity contribution in [1.82, 2.24) is 4.98 Å². The van der Waals surface area contributed by atoms with Crippen molar-refractivity contribution in [2.75, 3.05) is 5.73 Å². The van der Waals surface area contributed by atoms with Crippen LogP contribution in [0.2, 0.25) is 0 Å². The van der Waals surface area contributed by atoms with Crippen LogP contribution in [0.5, 0.6) is 5.88 Å². The Morgan fingerprint density at radius 1 is 1.41 bits per heavy atom. The smallest absolute Gasteiger partial charge is 0.397 e. The number of pyridine rings is 1. The maximum Gasteiger partial charge on any atom is 0.574 e. The third kappa shape index (κ3) is 3.17. The highest BCUT2D eigenvalue weighted by Crippen LogP contribution is 2.30. The Morgan fingerprint density at radius 2 is 2.00 bits per heavy atom. The van der Waals surface area contributed by atoms with Crippen LogP contribution in [0.25, 0.3) is 0 Å². The number of nitriles is 1. The second-order valence-corrected chi connectivity index (χ2v) is 2.78. The number of nitrogens with zero attached hydrogens (tertiary/aromatic N) is 2. The van der Waals surface area contributed by atoms with E-state index in [0.717, 1.165) is 0 Å². The lowest BCUT2D eigenvalue weighted by Gasteiger charge is -2.11. The van der Waals surface area contributed by atoms with Crippen molar-refractivity contribution in [3.05, 3.63) is 17.3 Å². The number of hydrogen-bond donors (Lipinski definition) is 1. The number of nitrogen functional groups attached to an aromatic ring is 1. The van der Waals surface area contributed by atoms with E-state index in [4.69, 9.17) is 11.0 Å². The number of rotatable bonds is 2. The maximum absolute atomic E-state index is 12.3. The van der Waals surface area contributed by atoms with Crippen molar-refractivity contribution in [3.63, 3.8) is 0 Å². The zero-order chi connectivity index (χ0) is 13.2. The molecule has 0 aliphatic heterocycles. The van der Waals surface area contributed by atoms with Crippen LogP contribution in [0, 0.1) is 11.3 Å². The minimum absolute atomic E-state index is 0.578. The van der Waals surface area contributed by atoms with E-state index in [9.17, 15) is 22.0 Å². The molecule has 1 heterocycles. The van der Waals surface area contributed by atoms with E-state index >= 15 is 0 Å². The minimum atomic E-state index is -5.13. The van der Waals surface area contributed by atoms with E-state index in [0.29, 0.717) is 6.07 Å². The molecule has 1 aromatic heterocycles. The van der Waals surface area contributed by atoms with E-state index in [1.54, 1.807) is 0 Å². The molecule has 0 spiro atoms. The highest BCUT2D eigenvalue weighted by atomic mass is 19.4. The van der Waals surface area contributed by atoms with Crippen LogP contribution in [-0.4, -0.2) is 11.3 Å². The number of halogens is 5. The fraction of sp³-hybridized carbons (Fsp3) is 0.250. The molecule has 0 fully saturated rings. The summed E-state index contributed by atoms with van der Waals surface area (Å²) in [5.74, 6) is -1.25. The van der Waals surface area contributed by atoms with E-state index in [1.807, 2.05) is 0 Å². The monoisotopic (exact) mass is 253 g/mol. The van der Waals surface area contributed by atoms with Crippen molar-refractivity contribution in [3.8, 4) is 11.9 Å². The molecule has 92 valence electrons. The van der Waals surface area contributed by atoms with Crippen molar-refractivity contribution >= 4 is 5.69 Å². The van der Waals surface area contributed by atoms with Crippen molar-refractivity contribution in [2.24, 2.45) is 0 Å². The third-order valence-corrected chi connectivity index (χ3v) is 1.59. The molecule has 9 heteroatoms. The van der Waals surface area contributed by atoms with Gasteiger partial charge in [0.2, 0.25) is 5.88 Å². The molecule has 0 saturated carbocycles. The van der Waals surface area contributed by atoms with Gasteiger partial charge >= 0.3 is 6.36 Å². The van der Waals surface area contributed by atoms with Crippen LogP contribution >= 0.6 is 0 Å². The minimum Gasteiger partial charge on any atom is -0.397 e. The Kier molecular flexibility index (Phi) is 3.36. The average molecular weight is 253 g/mol. The van der Waals surface area contributed by atoms with Gasteiger partial charge in [-0.1, -0.05) is 0 Å². The summed E-state index contributed by atoms with van der Waals surface area (Å²) in [5, 5.41) is 8.49. The maximum atomic E-state index is 12.3. The zero-order valence-corrected chi connectivity index (χ0v) is 7.92. The summed E-state index contributed by atoms with van der Waals surface area (Å²) in [4.78, 5) is 2.89. The largest absolute Gasteiger partial charge is 0.574 e. The fourth-order valence-corrected chi connectivity index (χ4v) is 0.968. The Bertz CT molecular complexity index is 465. The molecule has 0 atom stereocenters. The van der Waals surface area contributed by atoms with Crippen LogP contribution in [0.3, 0.4) is 0 Å². The molecule has 0 radical (unpaired) electrons. The van der Waals surface area contributed by atoms with E-state index in [2.05, 4.69) is 9.72 Å². The second kappa shape index (κ2) is 4.40. The van der Waals surface area contributed by atoms with E-state index in [-0.39, 0.29) is 0 Å². The quantitative estimate of drug-likeness (QED) is 0.821. The lowest BCUT2D eigenvalue weighted by atomic mass is 10.2. The number of hydrogen-bond acceptors (Lipinski definition) is 4. The highest BCUT2D eigenvalue weighted by molar-refractivity contribution is 5.53. The summed E-state index contributed by atoms with van der Waals surface area (Å²) in [7, 11) is 0. The lowest BCUT2D eigenvalue weighted by molar-refractivity contribution is -0.276. The van der Waals surface area contributed by atoms with Gasteiger partial charge < -0.3 is 10.5 Å². The topological polar surface area (TPSA) is 71.9 Å². The van der Waals surface area contributed by atoms with Crippen LogP contribution < -0.4 is 10.5 Å². The fourth-order valence-electron chi connectivity index (χ4n) is 0.968. The molecule has 0 aromatic carbocycles. The van der Waals surface area contributed by atoms with Crippen molar-refractivity contribution in [2.45, 2.75) is 12.8 Å². The number of aromatic nitrogens is 1. The van der Waals surface area contributed by atoms with Gasteiger partial charge in [0.1, 0.15) is 17.3 Å². The van der Waals surface area contributed by atoms with Gasteiger partial charge in [-0.05, 0) is 6.07 Å². The van der Waals surface area contributed by atoms with Crippen molar-refractivity contribution < 1.29 is 26.7 Å². The number of alkyl halides is 5. The van der Waals surface area contributed by atoms with Gasteiger partial charge in [0.25, 0.3) is 6.43 Å². The third-order valence-electron chi connectivity index (χ3n) is 1.59. The highest BCUT2D eigenvalue weighted by Gasteiger charge is 2.34. The molecule has 0 bridgehead atoms. The Morgan fingerprint density at radius 3 is 2.41 bits per heavy atom. The summed E-state index contributed by atoms with van der Waals surface area (Å²) >= 11 is 0. The first-order valence-electron chi connectivity index (χ1n) is 3.99. The number of ether oxygens (including phenoxy) is 1. The number of nitrogens with two attached hydrogens (primary N) is 1. The first-order valence-corrected chi connectivity index (χ1v) is 3.99. The summed E-state index contributed by atoms with van der Waals surface area (Å²) in [5.41, 5.74) is 2.78. The van der Waals surface area contributed by atoms with Gasteiger partial charge in [0, 0.05) is 0 Å². The van der Waals surface area contributed by atoms with Gasteiger partial charge in [-0.3, -0.25) is 0 Å². The van der Waals surface area contributed by atoms with Crippen LogP contribution in [0.15, 0.2) is 6.07 Å². The summed E-state index contributed by atoms with van der Waals surface area (Å²) in [6.07, 6.45) is -8.30. The van der Waals surface area contributed by atoms with Crippen LogP contribution in [0.1, 0.15) is 17.7 Å². The summed E-state index contributed by atoms with van der Waals surface area (Å²) < 4.78 is 63.7. The molecule has 2 N–H and O–H groups in total. The van der Waals surface area contributed by atoms with Gasteiger partial charge in [0.15, 0.2) is 0 Å². The molecule has 0 amide bonds. The second-order valence-electron chi connectivity index (χ2n) is 2.78. The lowest BCUT2D eigenvalue weighted by Crippen LogP contribution is -2.19. The van der Waals surface area contributed by atoms with Gasteiger partial charge in [0.05, 0.1) is 5.69 Å². The molecule has 1 aromatic rings. The molecule has 0 unspecified atom stereocenters. The van der Waals surface area contributed by atoms with E-state index < -0.39 is 35.6 Å². The summed E-state index contributed by atoms with van der Waals surface area (Å²) in [6.45, 7) is 0. The van der Waals surface area contributed by atoms with Gasteiger partial charge in [-0.15, -0.1) is 13.2 Å². The van der Waals surface area contributed by atoms with Crippen LogP contribution in [-0.2, 0) is 0 Å². The zero-order valence-electron chi connectivity index (χ0n) is 7.92. The molecular formula is C8H4F5N3O. The van der Waals surface area contributed by atoms with E-state index in [1.165, 1.54) is 6.07 Å². The molecule has 4 nitrogen and oxygen atoms in total. The van der Waals surface area contributed by atoms with Crippen LogP contribution in [0.4, 0.5) is 27.6 Å². The van der Waals surface area contributed by atoms with Crippen molar-refractivity contribution in [1.29, 1.82) is 5.26 Å². The normalized spacial score (nSPS) is 11.4. The number of anilines is 1.